The van der Waals surface area contributed by atoms with E-state index in [1.54, 1.807) is 0 Å². The summed E-state index contributed by atoms with van der Waals surface area (Å²) in [4.78, 5) is 2.59. The zero-order chi connectivity index (χ0) is 42.4. The summed E-state index contributed by atoms with van der Waals surface area (Å²) in [7, 11) is -2.94. The molecule has 8 aromatic carbocycles. The molecule has 0 N–H and O–H groups in total. The molecule has 11 aromatic rings. The molecule has 3 aromatic heterocycles. The van der Waals surface area contributed by atoms with Crippen molar-refractivity contribution in [3.8, 4) is 39.4 Å². The predicted octanol–water partition coefficient (Wildman–Crippen LogP) is 9.21. The van der Waals surface area contributed by atoms with Gasteiger partial charge >= 0.3 is 5.66 Å². The summed E-state index contributed by atoms with van der Waals surface area (Å²) in [6.07, 6.45) is 4.69. The molecule has 6 heteroatoms. The lowest BCUT2D eigenvalue weighted by molar-refractivity contribution is -0.958. The maximum Gasteiger partial charge on any atom is 0.321 e. The fourth-order valence-corrected chi connectivity index (χ4v) is 20.4. The van der Waals surface area contributed by atoms with E-state index in [1.165, 1.54) is 115 Å². The third-order valence-corrected chi connectivity index (χ3v) is 21.7. The summed E-state index contributed by atoms with van der Waals surface area (Å²) < 4.78 is 15.4. The van der Waals surface area contributed by atoms with Crippen LogP contribution in [0.5, 0.6) is 11.5 Å². The third kappa shape index (κ3) is 3.10. The standard InChI is InChI=1S/C60H34N4OSi/c1-5-21-41-35(15-1)36-16-2-6-22-42(36)59(41)43-23-13-19-39-40-20-14-34-62-58(40)64(55(39)43)56-44(59)29-30-46-53(56)60(62)54-47(65-46)31-32-51-57(54)63(52-28-11-12-33-61(52)60)45-24-7-10-27-50(45)66(51)48-25-8-3-17-37(48)38-18-4-9-26-49(38)66/h1-34H/q+2. The summed E-state index contributed by atoms with van der Waals surface area (Å²) in [5.74, 6) is 2.91. The number of benzene rings is 8. The summed E-state index contributed by atoms with van der Waals surface area (Å²) in [5.41, 5.74) is 17.7. The van der Waals surface area contributed by atoms with E-state index in [1.807, 2.05) is 0 Å². The number of aromatic nitrogens is 3. The van der Waals surface area contributed by atoms with Crippen LogP contribution >= 0.6 is 0 Å². The van der Waals surface area contributed by atoms with Crippen molar-refractivity contribution in [1.29, 1.82) is 0 Å². The van der Waals surface area contributed by atoms with E-state index in [-0.39, 0.29) is 0 Å². The average molecular weight is 855 g/mol. The molecule has 0 saturated carbocycles. The van der Waals surface area contributed by atoms with Gasteiger partial charge in [-0.1, -0.05) is 140 Å². The number of ether oxygens (including phenoxy) is 1. The highest BCUT2D eigenvalue weighted by Crippen LogP contribution is 2.65. The van der Waals surface area contributed by atoms with E-state index in [0.29, 0.717) is 0 Å². The van der Waals surface area contributed by atoms with Crippen molar-refractivity contribution in [3.63, 3.8) is 0 Å². The normalized spacial score (nSPS) is 18.1. The Morgan fingerprint density at radius 3 is 1.80 bits per heavy atom. The van der Waals surface area contributed by atoms with Gasteiger partial charge in [-0.15, -0.1) is 0 Å². The van der Waals surface area contributed by atoms with Gasteiger partial charge < -0.3 is 4.74 Å². The number of anilines is 3. The largest absolute Gasteiger partial charge is 0.456 e. The van der Waals surface area contributed by atoms with Crippen LogP contribution in [0.25, 0.3) is 49.9 Å². The quantitative estimate of drug-likeness (QED) is 0.112. The second kappa shape index (κ2) is 10.6. The minimum absolute atomic E-state index is 0.570. The first-order valence-electron chi connectivity index (χ1n) is 23.1. The second-order valence-electron chi connectivity index (χ2n) is 19.1. The first kappa shape index (κ1) is 33.2. The van der Waals surface area contributed by atoms with Crippen LogP contribution in [0.1, 0.15) is 33.4 Å². The van der Waals surface area contributed by atoms with Crippen LogP contribution in [-0.2, 0) is 11.1 Å². The Hall–Kier alpha value is -8.32. The summed E-state index contributed by atoms with van der Waals surface area (Å²) >= 11 is 0. The first-order valence-corrected chi connectivity index (χ1v) is 25.1. The van der Waals surface area contributed by atoms with Crippen LogP contribution in [0, 0.1) is 0 Å². The van der Waals surface area contributed by atoms with E-state index in [0.717, 1.165) is 17.3 Å². The molecule has 5 nitrogen and oxygen atoms in total. The zero-order valence-electron chi connectivity index (χ0n) is 35.3. The molecule has 0 saturated heterocycles. The van der Waals surface area contributed by atoms with E-state index in [2.05, 4.69) is 225 Å². The molecule has 18 rings (SSSR count). The Kier molecular flexibility index (Phi) is 5.34. The van der Waals surface area contributed by atoms with Gasteiger partial charge in [-0.25, -0.2) is 0 Å². The van der Waals surface area contributed by atoms with Crippen molar-refractivity contribution < 1.29 is 13.9 Å². The molecule has 0 bridgehead atoms. The topological polar surface area (TPSA) is 25.2 Å². The van der Waals surface area contributed by atoms with Crippen LogP contribution in [0.4, 0.5) is 17.2 Å². The molecule has 1 atom stereocenters. The van der Waals surface area contributed by atoms with Crippen molar-refractivity contribution in [2.24, 2.45) is 0 Å². The van der Waals surface area contributed by atoms with Gasteiger partial charge in [-0.05, 0) is 92.3 Å². The molecule has 1 unspecified atom stereocenters. The molecule has 1 aliphatic carbocycles. The smallest absolute Gasteiger partial charge is 0.321 e. The number of pyridine rings is 2. The Morgan fingerprint density at radius 2 is 1.03 bits per heavy atom. The number of nitrogens with zero attached hydrogens (tertiary/aromatic N) is 4. The highest BCUT2D eigenvalue weighted by molar-refractivity contribution is 7.23. The van der Waals surface area contributed by atoms with Gasteiger partial charge in [-0.2, -0.15) is 18.6 Å². The van der Waals surface area contributed by atoms with Crippen LogP contribution in [0.3, 0.4) is 0 Å². The van der Waals surface area contributed by atoms with Gasteiger partial charge in [0.25, 0.3) is 11.5 Å². The number of hydrogen-bond acceptors (Lipinski definition) is 2. The van der Waals surface area contributed by atoms with E-state index in [9.17, 15) is 0 Å². The van der Waals surface area contributed by atoms with Gasteiger partial charge in [0, 0.05) is 33.0 Å². The highest BCUT2D eigenvalue weighted by atomic mass is 28.3. The molecular weight excluding hydrogens is 821 g/mol. The van der Waals surface area contributed by atoms with Crippen molar-refractivity contribution in [2.75, 3.05) is 4.90 Å². The summed E-state index contributed by atoms with van der Waals surface area (Å²) in [6, 6.07) is 74.1. The fourth-order valence-electron chi connectivity index (χ4n) is 14.9. The molecule has 6 aliphatic heterocycles. The highest BCUT2D eigenvalue weighted by Gasteiger charge is 2.70. The van der Waals surface area contributed by atoms with Crippen molar-refractivity contribution in [1.82, 2.24) is 4.57 Å². The maximum atomic E-state index is 7.54. The van der Waals surface area contributed by atoms with Gasteiger partial charge in [0.2, 0.25) is 0 Å². The predicted molar refractivity (Wildman–Crippen MR) is 261 cm³/mol. The maximum absolute atomic E-state index is 7.54. The molecule has 7 aliphatic rings. The fraction of sp³-hybridized carbons (Fsp3) is 0.0333. The molecule has 0 radical (unpaired) electrons. The van der Waals surface area contributed by atoms with Crippen molar-refractivity contribution in [2.45, 2.75) is 11.1 Å². The average Bonchev–Trinajstić information content (AvgIpc) is 3.99. The van der Waals surface area contributed by atoms with Gasteiger partial charge in [0.1, 0.15) is 39.5 Å². The lowest BCUT2D eigenvalue weighted by atomic mass is 9.64. The number of hydrogen-bond donors (Lipinski definition) is 0. The molecule has 0 amide bonds. The molecular formula is C60H34N4OSi+2. The Labute approximate surface area is 379 Å². The molecule has 302 valence electrons. The summed E-state index contributed by atoms with van der Waals surface area (Å²) in [5, 5.41) is 8.24. The Bertz CT molecular complexity index is 4110. The number of rotatable bonds is 0. The van der Waals surface area contributed by atoms with E-state index >= 15 is 0 Å². The molecule has 9 heterocycles. The van der Waals surface area contributed by atoms with Crippen molar-refractivity contribution in [3.05, 3.63) is 240 Å². The lowest BCUT2D eigenvalue weighted by Crippen LogP contribution is -2.81. The Morgan fingerprint density at radius 1 is 0.424 bits per heavy atom. The third-order valence-electron chi connectivity index (χ3n) is 16.8. The lowest BCUT2D eigenvalue weighted by Gasteiger charge is -2.49. The van der Waals surface area contributed by atoms with Gasteiger partial charge in [-0.3, -0.25) is 0 Å². The van der Waals surface area contributed by atoms with Gasteiger partial charge in [0.15, 0.2) is 13.8 Å². The Balaban J connectivity index is 1.09. The zero-order valence-corrected chi connectivity index (χ0v) is 36.3. The van der Waals surface area contributed by atoms with E-state index in [4.69, 9.17) is 4.74 Å². The van der Waals surface area contributed by atoms with Crippen LogP contribution in [0.2, 0.25) is 0 Å². The molecule has 66 heavy (non-hydrogen) atoms. The van der Waals surface area contributed by atoms with E-state index < -0.39 is 19.2 Å². The van der Waals surface area contributed by atoms with Crippen LogP contribution in [0.15, 0.2) is 207 Å². The van der Waals surface area contributed by atoms with Crippen LogP contribution < -0.4 is 39.5 Å². The second-order valence-corrected chi connectivity index (χ2v) is 22.7. The molecule has 3 spiro atoms. The first-order chi connectivity index (χ1) is 32.8. The minimum atomic E-state index is -2.94. The van der Waals surface area contributed by atoms with Crippen LogP contribution in [-0.4, -0.2) is 12.6 Å². The van der Waals surface area contributed by atoms with Gasteiger partial charge in [0.05, 0.1) is 23.2 Å². The molecule has 0 fully saturated rings. The number of para-hydroxylation sites is 2. The number of fused-ring (bicyclic) bond motifs is 19. The summed E-state index contributed by atoms with van der Waals surface area (Å²) in [6.45, 7) is 0. The monoisotopic (exact) mass is 854 g/mol. The van der Waals surface area contributed by atoms with Crippen molar-refractivity contribution >= 4 is 67.9 Å². The SMILES string of the molecule is c1ccc2c(c1)-c1ccccc1C21c2ccc3c4c2-n2c5c1cccc5c1ccc[n+](c12)C41c2c(ccc4c2N(c2ccccc2[Si]42c4ccccc4-c4ccccc42)c2cccc[n+]21)O3. The minimum Gasteiger partial charge on any atom is -0.456 e.